The van der Waals surface area contributed by atoms with Gasteiger partial charge in [0.25, 0.3) is 5.91 Å². The van der Waals surface area contributed by atoms with Gasteiger partial charge < -0.3 is 10.4 Å². The molecule has 0 spiro atoms. The highest BCUT2D eigenvalue weighted by atomic mass is 32.1. The molecule has 3 aromatic rings. The molecular formula is C16H16N4O2S. The summed E-state index contributed by atoms with van der Waals surface area (Å²) in [5.74, 6) is -0.354. The van der Waals surface area contributed by atoms with Crippen molar-refractivity contribution in [2.45, 2.75) is 12.5 Å². The number of para-hydroxylation sites is 1. The van der Waals surface area contributed by atoms with E-state index in [1.165, 1.54) is 22.3 Å². The molecule has 118 valence electrons. The van der Waals surface area contributed by atoms with Crippen molar-refractivity contribution < 1.29 is 9.90 Å². The number of carbonyl (C=O) groups excluding carboxylic acids is 1. The van der Waals surface area contributed by atoms with Gasteiger partial charge in [-0.2, -0.15) is 0 Å². The van der Waals surface area contributed by atoms with E-state index in [9.17, 15) is 9.90 Å². The number of aliphatic hydroxyl groups is 1. The van der Waals surface area contributed by atoms with E-state index in [-0.39, 0.29) is 12.4 Å². The zero-order valence-electron chi connectivity index (χ0n) is 12.5. The van der Waals surface area contributed by atoms with Crippen LogP contribution < -0.4 is 5.32 Å². The van der Waals surface area contributed by atoms with Gasteiger partial charge in [-0.25, -0.2) is 9.67 Å². The zero-order chi connectivity index (χ0) is 16.3. The minimum absolute atomic E-state index is 0.0656. The number of nitrogens with one attached hydrogen (secondary N) is 1. The van der Waals surface area contributed by atoms with E-state index in [2.05, 4.69) is 15.4 Å². The molecule has 1 amide bonds. The van der Waals surface area contributed by atoms with E-state index in [1.807, 2.05) is 47.8 Å². The second-order valence-electron chi connectivity index (χ2n) is 5.28. The smallest absolute Gasteiger partial charge is 0.291 e. The maximum atomic E-state index is 12.1. The highest BCUT2D eigenvalue weighted by Gasteiger charge is 2.25. The first-order valence-corrected chi connectivity index (χ1v) is 7.96. The van der Waals surface area contributed by atoms with E-state index >= 15 is 0 Å². The largest absolute Gasteiger partial charge is 0.383 e. The number of aromatic nitrogens is 3. The predicted molar refractivity (Wildman–Crippen MR) is 87.6 cm³/mol. The van der Waals surface area contributed by atoms with Gasteiger partial charge in [-0.1, -0.05) is 24.3 Å². The predicted octanol–water partition coefficient (Wildman–Crippen LogP) is 1.97. The van der Waals surface area contributed by atoms with Crippen molar-refractivity contribution in [3.63, 3.8) is 0 Å². The van der Waals surface area contributed by atoms with Crippen LogP contribution in [-0.2, 0) is 5.60 Å². The Kier molecular flexibility index (Phi) is 4.22. The zero-order valence-corrected chi connectivity index (χ0v) is 13.3. The summed E-state index contributed by atoms with van der Waals surface area (Å²) in [4.78, 5) is 17.0. The van der Waals surface area contributed by atoms with E-state index in [0.717, 1.165) is 10.6 Å². The van der Waals surface area contributed by atoms with E-state index < -0.39 is 11.5 Å². The summed E-state index contributed by atoms with van der Waals surface area (Å²) in [6.07, 6.45) is 1.49. The van der Waals surface area contributed by atoms with Gasteiger partial charge in [0.1, 0.15) is 11.9 Å². The maximum Gasteiger partial charge on any atom is 0.291 e. The molecule has 2 N–H and O–H groups in total. The molecule has 1 atom stereocenters. The molecule has 0 aliphatic heterocycles. The minimum atomic E-state index is -1.12. The third-order valence-electron chi connectivity index (χ3n) is 3.36. The van der Waals surface area contributed by atoms with Gasteiger partial charge in [-0.15, -0.1) is 16.4 Å². The van der Waals surface area contributed by atoms with Crippen LogP contribution in [0.5, 0.6) is 0 Å². The van der Waals surface area contributed by atoms with E-state index in [1.54, 1.807) is 6.92 Å². The lowest BCUT2D eigenvalue weighted by atomic mass is 10.1. The number of amides is 1. The van der Waals surface area contributed by atoms with Crippen LogP contribution in [0.15, 0.2) is 54.2 Å². The number of hydrogen-bond acceptors (Lipinski definition) is 5. The minimum Gasteiger partial charge on any atom is -0.383 e. The Bertz CT molecular complexity index is 782. The van der Waals surface area contributed by atoms with Gasteiger partial charge in [0.05, 0.1) is 12.2 Å². The van der Waals surface area contributed by atoms with Crippen LogP contribution in [0, 0.1) is 0 Å². The first-order chi connectivity index (χ1) is 11.1. The van der Waals surface area contributed by atoms with Crippen LogP contribution in [0.4, 0.5) is 0 Å². The number of thiophene rings is 1. The molecular weight excluding hydrogens is 312 g/mol. The van der Waals surface area contributed by atoms with Crippen LogP contribution in [0.3, 0.4) is 0 Å². The fourth-order valence-electron chi connectivity index (χ4n) is 2.08. The van der Waals surface area contributed by atoms with Crippen LogP contribution in [0.1, 0.15) is 22.4 Å². The Hall–Kier alpha value is -2.51. The van der Waals surface area contributed by atoms with Crippen molar-refractivity contribution in [3.8, 4) is 5.69 Å². The molecule has 0 aliphatic rings. The molecule has 0 aliphatic carbocycles. The van der Waals surface area contributed by atoms with Crippen molar-refractivity contribution in [1.29, 1.82) is 0 Å². The Morgan fingerprint density at radius 1 is 1.30 bits per heavy atom. The molecule has 0 saturated carbocycles. The van der Waals surface area contributed by atoms with Gasteiger partial charge >= 0.3 is 0 Å². The fourth-order valence-corrected chi connectivity index (χ4v) is 2.86. The Labute approximate surface area is 137 Å². The average Bonchev–Trinajstić information content (AvgIpc) is 3.25. The van der Waals surface area contributed by atoms with Crippen LogP contribution in [-0.4, -0.2) is 32.3 Å². The SMILES string of the molecule is CC(O)(CNC(=O)c1ncn(-c2ccccc2)n1)c1cccs1. The standard InChI is InChI=1S/C16H16N4O2S/c1-16(22,13-8-5-9-23-13)10-17-15(21)14-18-11-20(19-14)12-6-3-2-4-7-12/h2-9,11,22H,10H2,1H3,(H,17,21). The Morgan fingerprint density at radius 2 is 2.09 bits per heavy atom. The summed E-state index contributed by atoms with van der Waals surface area (Å²) in [5, 5.41) is 19.1. The number of hydrogen-bond donors (Lipinski definition) is 2. The Balaban J connectivity index is 1.66. The summed E-state index contributed by atoms with van der Waals surface area (Å²) in [7, 11) is 0. The molecule has 3 rings (SSSR count). The van der Waals surface area contributed by atoms with Gasteiger partial charge in [-0.3, -0.25) is 4.79 Å². The summed E-state index contributed by atoms with van der Waals surface area (Å²) >= 11 is 1.44. The van der Waals surface area contributed by atoms with Gasteiger partial charge in [0.2, 0.25) is 5.82 Å². The lowest BCUT2D eigenvalue weighted by Crippen LogP contribution is -2.38. The van der Waals surface area contributed by atoms with Crippen LogP contribution in [0.25, 0.3) is 5.69 Å². The lowest BCUT2D eigenvalue weighted by Gasteiger charge is -2.21. The molecule has 2 heterocycles. The number of benzene rings is 1. The van der Waals surface area contributed by atoms with Crippen molar-refractivity contribution in [3.05, 3.63) is 64.9 Å². The molecule has 2 aromatic heterocycles. The molecule has 0 saturated heterocycles. The quantitative estimate of drug-likeness (QED) is 0.750. The normalized spacial score (nSPS) is 13.5. The topological polar surface area (TPSA) is 80.0 Å². The summed E-state index contributed by atoms with van der Waals surface area (Å²) < 4.78 is 1.53. The summed E-state index contributed by atoms with van der Waals surface area (Å²) in [6, 6.07) is 13.1. The third-order valence-corrected chi connectivity index (χ3v) is 4.48. The number of carbonyl (C=O) groups is 1. The molecule has 1 aromatic carbocycles. The molecule has 1 unspecified atom stereocenters. The van der Waals surface area contributed by atoms with Gasteiger partial charge in [-0.05, 0) is 30.5 Å². The first-order valence-electron chi connectivity index (χ1n) is 7.08. The maximum absolute atomic E-state index is 12.1. The first kappa shape index (κ1) is 15.4. The summed E-state index contributed by atoms with van der Waals surface area (Å²) in [6.45, 7) is 1.75. The van der Waals surface area contributed by atoms with Crippen LogP contribution in [0.2, 0.25) is 0 Å². The monoisotopic (exact) mass is 328 g/mol. The third kappa shape index (κ3) is 3.46. The second kappa shape index (κ2) is 6.31. The van der Waals surface area contributed by atoms with Gasteiger partial charge in [0.15, 0.2) is 0 Å². The molecule has 0 radical (unpaired) electrons. The van der Waals surface area contributed by atoms with Gasteiger partial charge in [0, 0.05) is 4.88 Å². The molecule has 0 fully saturated rings. The van der Waals surface area contributed by atoms with Crippen molar-refractivity contribution in [2.24, 2.45) is 0 Å². The van der Waals surface area contributed by atoms with E-state index in [4.69, 9.17) is 0 Å². The molecule has 6 nitrogen and oxygen atoms in total. The van der Waals surface area contributed by atoms with Crippen molar-refractivity contribution in [2.75, 3.05) is 6.54 Å². The second-order valence-corrected chi connectivity index (χ2v) is 6.23. The summed E-state index contributed by atoms with van der Waals surface area (Å²) in [5.41, 5.74) is -0.295. The van der Waals surface area contributed by atoms with Crippen molar-refractivity contribution >= 4 is 17.2 Å². The highest BCUT2D eigenvalue weighted by Crippen LogP contribution is 2.24. The Morgan fingerprint density at radius 3 is 2.78 bits per heavy atom. The van der Waals surface area contributed by atoms with E-state index in [0.29, 0.717) is 0 Å². The van der Waals surface area contributed by atoms with Crippen molar-refractivity contribution in [1.82, 2.24) is 20.1 Å². The molecule has 0 bridgehead atoms. The van der Waals surface area contributed by atoms with Crippen LogP contribution >= 0.6 is 11.3 Å². The number of nitrogens with zero attached hydrogens (tertiary/aromatic N) is 3. The highest BCUT2D eigenvalue weighted by molar-refractivity contribution is 7.10. The number of rotatable bonds is 5. The molecule has 7 heteroatoms. The molecule has 23 heavy (non-hydrogen) atoms. The lowest BCUT2D eigenvalue weighted by molar-refractivity contribution is 0.0553. The fraction of sp³-hybridized carbons (Fsp3) is 0.188. The average molecular weight is 328 g/mol.